The lowest BCUT2D eigenvalue weighted by Gasteiger charge is -2.32. The molecule has 1 N–H and O–H groups in total. The summed E-state index contributed by atoms with van der Waals surface area (Å²) in [5.41, 5.74) is 2.34. The van der Waals surface area contributed by atoms with Crippen LogP contribution >= 0.6 is 0 Å². The maximum atomic E-state index is 10.2. The second-order valence-corrected chi connectivity index (χ2v) is 6.19. The topological polar surface area (TPSA) is 41.9 Å². The second-order valence-electron chi connectivity index (χ2n) is 6.19. The Hall–Kier alpha value is -1.10. The highest BCUT2D eigenvalue weighted by Crippen LogP contribution is 2.19. The van der Waals surface area contributed by atoms with Crippen LogP contribution in [0.4, 0.5) is 0 Å². The molecule has 0 spiro atoms. The number of likely N-dealkylation sites (tertiary alicyclic amines) is 1. The number of hydrogen-bond donors (Lipinski definition) is 1. The van der Waals surface area contributed by atoms with Gasteiger partial charge < -0.3 is 19.5 Å². The summed E-state index contributed by atoms with van der Waals surface area (Å²) in [5.74, 6) is 0.861. The number of aliphatic hydroxyl groups is 1. The van der Waals surface area contributed by atoms with E-state index >= 15 is 0 Å². The molecule has 0 aromatic heterocycles. The van der Waals surface area contributed by atoms with Crippen LogP contribution in [-0.2, 0) is 4.74 Å². The minimum absolute atomic E-state index is 0.343. The first-order valence-corrected chi connectivity index (χ1v) is 8.30. The van der Waals surface area contributed by atoms with Crippen molar-refractivity contribution in [2.75, 3.05) is 32.8 Å². The fourth-order valence-corrected chi connectivity index (χ4v) is 2.99. The lowest BCUT2D eigenvalue weighted by atomic mass is 10.1. The zero-order valence-electron chi connectivity index (χ0n) is 14.0. The molecule has 1 saturated heterocycles. The van der Waals surface area contributed by atoms with Crippen molar-refractivity contribution in [3.05, 3.63) is 29.3 Å². The molecule has 0 saturated carbocycles. The van der Waals surface area contributed by atoms with Crippen LogP contribution in [0.2, 0.25) is 0 Å². The molecule has 0 bridgehead atoms. The third-order valence-corrected chi connectivity index (χ3v) is 4.17. The summed E-state index contributed by atoms with van der Waals surface area (Å²) >= 11 is 0. The summed E-state index contributed by atoms with van der Waals surface area (Å²) in [7, 11) is 0. The zero-order chi connectivity index (χ0) is 15.9. The Labute approximate surface area is 134 Å². The molecule has 4 heteroatoms. The van der Waals surface area contributed by atoms with Crippen molar-refractivity contribution in [2.24, 2.45) is 0 Å². The van der Waals surface area contributed by atoms with E-state index in [4.69, 9.17) is 9.47 Å². The highest BCUT2D eigenvalue weighted by atomic mass is 16.5. The molecule has 124 valence electrons. The summed E-state index contributed by atoms with van der Waals surface area (Å²) in [5, 5.41) is 10.2. The maximum Gasteiger partial charge on any atom is 0.122 e. The van der Waals surface area contributed by atoms with Gasteiger partial charge in [-0.25, -0.2) is 0 Å². The number of piperidine rings is 1. The number of aryl methyl sites for hydroxylation is 2. The van der Waals surface area contributed by atoms with E-state index in [2.05, 4.69) is 17.9 Å². The molecule has 0 aliphatic carbocycles. The fourth-order valence-electron chi connectivity index (χ4n) is 2.99. The molecular weight excluding hydrogens is 278 g/mol. The van der Waals surface area contributed by atoms with Gasteiger partial charge in [0.2, 0.25) is 0 Å². The molecule has 1 atom stereocenters. The lowest BCUT2D eigenvalue weighted by molar-refractivity contribution is -0.00188. The van der Waals surface area contributed by atoms with Crippen molar-refractivity contribution >= 4 is 0 Å². The normalized spacial score (nSPS) is 18.4. The predicted molar refractivity (Wildman–Crippen MR) is 88.5 cm³/mol. The van der Waals surface area contributed by atoms with E-state index in [0.717, 1.165) is 43.9 Å². The van der Waals surface area contributed by atoms with E-state index in [9.17, 15) is 5.11 Å². The van der Waals surface area contributed by atoms with Crippen LogP contribution in [-0.4, -0.2) is 55.1 Å². The molecule has 1 aliphatic heterocycles. The quantitative estimate of drug-likeness (QED) is 0.840. The van der Waals surface area contributed by atoms with Gasteiger partial charge in [0.15, 0.2) is 0 Å². The zero-order valence-corrected chi connectivity index (χ0v) is 14.0. The Morgan fingerprint density at radius 2 is 2.00 bits per heavy atom. The molecule has 2 rings (SSSR count). The molecular formula is C18H29NO3. The molecule has 1 aliphatic rings. The minimum Gasteiger partial charge on any atom is -0.491 e. The number of benzene rings is 1. The average Bonchev–Trinajstić information content (AvgIpc) is 2.49. The number of β-amino-alcohol motifs (C(OH)–C–C–N with tert-alkyl or cyclic N) is 1. The largest absolute Gasteiger partial charge is 0.491 e. The van der Waals surface area contributed by atoms with E-state index in [0.29, 0.717) is 19.3 Å². The lowest BCUT2D eigenvalue weighted by Crippen LogP contribution is -2.42. The maximum absolute atomic E-state index is 10.2. The van der Waals surface area contributed by atoms with Gasteiger partial charge in [0.1, 0.15) is 18.5 Å². The third-order valence-electron chi connectivity index (χ3n) is 4.17. The van der Waals surface area contributed by atoms with Gasteiger partial charge in [-0.2, -0.15) is 0 Å². The van der Waals surface area contributed by atoms with Crippen LogP contribution < -0.4 is 4.74 Å². The van der Waals surface area contributed by atoms with Crippen LogP contribution in [0.5, 0.6) is 5.75 Å². The number of aliphatic hydroxyl groups excluding tert-OH is 1. The van der Waals surface area contributed by atoms with Crippen molar-refractivity contribution in [3.63, 3.8) is 0 Å². The average molecular weight is 307 g/mol. The van der Waals surface area contributed by atoms with Gasteiger partial charge in [-0.15, -0.1) is 0 Å². The molecule has 0 radical (unpaired) electrons. The number of ether oxygens (including phenoxy) is 2. The number of nitrogens with zero attached hydrogens (tertiary/aromatic N) is 1. The third kappa shape index (κ3) is 5.27. The molecule has 1 aromatic rings. The first-order valence-electron chi connectivity index (χ1n) is 8.30. The van der Waals surface area contributed by atoms with Crippen molar-refractivity contribution in [1.29, 1.82) is 0 Å². The SMILES string of the molecule is CCOC1CCN(CC(O)COc2ccc(C)cc2C)CC1. The van der Waals surface area contributed by atoms with Crippen LogP contribution in [0.3, 0.4) is 0 Å². The summed E-state index contributed by atoms with van der Waals surface area (Å²) < 4.78 is 11.4. The van der Waals surface area contributed by atoms with Gasteiger partial charge >= 0.3 is 0 Å². The second kappa shape index (κ2) is 8.51. The van der Waals surface area contributed by atoms with Crippen LogP contribution in [0, 0.1) is 13.8 Å². The van der Waals surface area contributed by atoms with Gasteiger partial charge in [0.05, 0.1) is 6.10 Å². The van der Waals surface area contributed by atoms with Crippen molar-refractivity contribution in [1.82, 2.24) is 4.90 Å². The highest BCUT2D eigenvalue weighted by Gasteiger charge is 2.21. The van der Waals surface area contributed by atoms with E-state index in [1.165, 1.54) is 5.56 Å². The molecule has 1 aromatic carbocycles. The Kier molecular flexibility index (Phi) is 6.68. The molecule has 0 amide bonds. The van der Waals surface area contributed by atoms with E-state index < -0.39 is 6.10 Å². The van der Waals surface area contributed by atoms with Gasteiger partial charge in [0, 0.05) is 26.2 Å². The molecule has 22 heavy (non-hydrogen) atoms. The van der Waals surface area contributed by atoms with Gasteiger partial charge in [-0.3, -0.25) is 0 Å². The van der Waals surface area contributed by atoms with E-state index in [-0.39, 0.29) is 0 Å². The molecule has 1 heterocycles. The summed E-state index contributed by atoms with van der Waals surface area (Å²) in [6, 6.07) is 6.11. The predicted octanol–water partition coefficient (Wildman–Crippen LogP) is 2.54. The summed E-state index contributed by atoms with van der Waals surface area (Å²) in [6.45, 7) is 9.93. The van der Waals surface area contributed by atoms with Gasteiger partial charge in [0.25, 0.3) is 0 Å². The van der Waals surface area contributed by atoms with Crippen LogP contribution in [0.15, 0.2) is 18.2 Å². The van der Waals surface area contributed by atoms with Crippen LogP contribution in [0.25, 0.3) is 0 Å². The summed E-state index contributed by atoms with van der Waals surface area (Å²) in [6.07, 6.45) is 2.05. The van der Waals surface area contributed by atoms with Crippen LogP contribution in [0.1, 0.15) is 30.9 Å². The first-order chi connectivity index (χ1) is 10.6. The Balaban J connectivity index is 1.71. The van der Waals surface area contributed by atoms with Crippen molar-refractivity contribution in [3.8, 4) is 5.75 Å². The standard InChI is InChI=1S/C18H29NO3/c1-4-21-17-7-9-19(10-8-17)12-16(20)13-22-18-6-5-14(2)11-15(18)3/h5-6,11,16-17,20H,4,7-10,12-13H2,1-3H3. The van der Waals surface area contributed by atoms with E-state index in [1.54, 1.807) is 0 Å². The fraction of sp³-hybridized carbons (Fsp3) is 0.667. The molecule has 4 nitrogen and oxygen atoms in total. The summed E-state index contributed by atoms with van der Waals surface area (Å²) in [4.78, 5) is 2.30. The van der Waals surface area contributed by atoms with Gasteiger partial charge in [-0.05, 0) is 45.2 Å². The highest BCUT2D eigenvalue weighted by molar-refractivity contribution is 5.35. The molecule has 1 fully saturated rings. The molecule has 1 unspecified atom stereocenters. The Morgan fingerprint density at radius 3 is 2.64 bits per heavy atom. The minimum atomic E-state index is -0.454. The van der Waals surface area contributed by atoms with Crippen molar-refractivity contribution < 1.29 is 14.6 Å². The number of hydrogen-bond acceptors (Lipinski definition) is 4. The van der Waals surface area contributed by atoms with Gasteiger partial charge in [-0.1, -0.05) is 17.7 Å². The first kappa shape index (κ1) is 17.3. The smallest absolute Gasteiger partial charge is 0.122 e. The van der Waals surface area contributed by atoms with Crippen molar-refractivity contribution in [2.45, 2.75) is 45.8 Å². The number of rotatable bonds is 7. The monoisotopic (exact) mass is 307 g/mol. The Bertz CT molecular complexity index is 456. The van der Waals surface area contributed by atoms with E-state index in [1.807, 2.05) is 26.0 Å². The Morgan fingerprint density at radius 1 is 1.27 bits per heavy atom.